The highest BCUT2D eigenvalue weighted by molar-refractivity contribution is 7.92. The van der Waals surface area contributed by atoms with Crippen molar-refractivity contribution in [3.8, 4) is 0 Å². The van der Waals surface area contributed by atoms with Crippen LogP contribution in [-0.2, 0) is 10.0 Å². The topological polar surface area (TPSA) is 69.7 Å². The van der Waals surface area contributed by atoms with Gasteiger partial charge in [-0.25, -0.2) is 21.6 Å². The molecule has 0 atom stereocenters. The van der Waals surface area contributed by atoms with E-state index in [1.165, 1.54) is 18.2 Å². The summed E-state index contributed by atoms with van der Waals surface area (Å²) < 4.78 is 68.4. The summed E-state index contributed by atoms with van der Waals surface area (Å²) in [4.78, 5) is 16.1. The van der Waals surface area contributed by atoms with Crippen molar-refractivity contribution < 1.29 is 26.4 Å². The van der Waals surface area contributed by atoms with Crippen LogP contribution in [-0.4, -0.2) is 45.4 Å². The van der Waals surface area contributed by atoms with E-state index in [1.807, 2.05) is 4.90 Å². The fraction of sp³-hybridized carbons (Fsp3) is 0.174. The van der Waals surface area contributed by atoms with Gasteiger partial charge in [-0.2, -0.15) is 0 Å². The average Bonchev–Trinajstić information content (AvgIpc) is 2.81. The number of benzene rings is 3. The zero-order valence-electron chi connectivity index (χ0n) is 17.3. The lowest BCUT2D eigenvalue weighted by Gasteiger charge is -2.36. The maximum Gasteiger partial charge on any atom is 0.262 e. The number of sulfonamides is 1. The van der Waals surface area contributed by atoms with Gasteiger partial charge in [-0.15, -0.1) is 0 Å². The van der Waals surface area contributed by atoms with Crippen molar-refractivity contribution in [1.82, 2.24) is 4.90 Å². The quantitative estimate of drug-likeness (QED) is 0.609. The molecule has 0 unspecified atom stereocenters. The minimum atomic E-state index is -4.27. The normalized spacial score (nSPS) is 14.3. The standard InChI is InChI=1S/C23H20F3N3O3S/c24-18-10-9-16(15-20(18)26)33(31,32)27-21-7-3-1-5-17(21)23(30)29-13-11-28(12-14-29)22-8-4-2-6-19(22)25/h1-10,15,27H,11-14H2. The fourth-order valence-electron chi connectivity index (χ4n) is 3.64. The second-order valence-corrected chi connectivity index (χ2v) is 9.14. The van der Waals surface area contributed by atoms with Crippen LogP contribution in [0.1, 0.15) is 10.4 Å². The minimum absolute atomic E-state index is 0.0174. The third kappa shape index (κ3) is 4.80. The van der Waals surface area contributed by atoms with Gasteiger partial charge in [-0.05, 0) is 42.5 Å². The Hall–Kier alpha value is -3.53. The summed E-state index contributed by atoms with van der Waals surface area (Å²) in [5, 5.41) is 0. The van der Waals surface area contributed by atoms with E-state index in [-0.39, 0.29) is 17.1 Å². The Morgan fingerprint density at radius 2 is 1.45 bits per heavy atom. The summed E-state index contributed by atoms with van der Waals surface area (Å²) in [7, 11) is -4.27. The van der Waals surface area contributed by atoms with Gasteiger partial charge in [0, 0.05) is 26.2 Å². The van der Waals surface area contributed by atoms with Crippen LogP contribution in [0.15, 0.2) is 71.6 Å². The summed E-state index contributed by atoms with van der Waals surface area (Å²) in [6.07, 6.45) is 0. The van der Waals surface area contributed by atoms with E-state index in [1.54, 1.807) is 35.2 Å². The first-order chi connectivity index (χ1) is 15.8. The second kappa shape index (κ2) is 9.14. The predicted molar refractivity (Wildman–Crippen MR) is 118 cm³/mol. The molecule has 0 aromatic heterocycles. The Kier molecular flexibility index (Phi) is 6.28. The molecule has 1 aliphatic heterocycles. The van der Waals surface area contributed by atoms with Crippen molar-refractivity contribution >= 4 is 27.3 Å². The van der Waals surface area contributed by atoms with Gasteiger partial charge in [-0.1, -0.05) is 24.3 Å². The molecule has 0 aliphatic carbocycles. The average molecular weight is 475 g/mol. The Morgan fingerprint density at radius 3 is 2.15 bits per heavy atom. The highest BCUT2D eigenvalue weighted by Crippen LogP contribution is 2.25. The van der Waals surface area contributed by atoms with Crippen molar-refractivity contribution in [2.45, 2.75) is 4.90 Å². The largest absolute Gasteiger partial charge is 0.366 e. The first kappa shape index (κ1) is 22.7. The molecular formula is C23H20F3N3O3S. The molecule has 1 saturated heterocycles. The van der Waals surface area contributed by atoms with Crippen LogP contribution in [0.5, 0.6) is 0 Å². The van der Waals surface area contributed by atoms with Gasteiger partial charge < -0.3 is 9.80 Å². The number of anilines is 2. The molecule has 1 fully saturated rings. The van der Waals surface area contributed by atoms with E-state index < -0.39 is 32.5 Å². The highest BCUT2D eigenvalue weighted by Gasteiger charge is 2.26. The van der Waals surface area contributed by atoms with Gasteiger partial charge in [0.25, 0.3) is 15.9 Å². The molecule has 0 radical (unpaired) electrons. The van der Waals surface area contributed by atoms with E-state index >= 15 is 0 Å². The third-order valence-electron chi connectivity index (χ3n) is 5.36. The molecule has 6 nitrogen and oxygen atoms in total. The van der Waals surface area contributed by atoms with Crippen molar-refractivity contribution in [3.63, 3.8) is 0 Å². The molecule has 1 N–H and O–H groups in total. The first-order valence-corrected chi connectivity index (χ1v) is 11.6. The molecule has 1 heterocycles. The molecule has 3 aromatic carbocycles. The second-order valence-electron chi connectivity index (χ2n) is 7.46. The number of halogens is 3. The van der Waals surface area contributed by atoms with E-state index in [4.69, 9.17) is 0 Å². The highest BCUT2D eigenvalue weighted by atomic mass is 32.2. The van der Waals surface area contributed by atoms with Crippen LogP contribution in [0.3, 0.4) is 0 Å². The van der Waals surface area contributed by atoms with Crippen LogP contribution in [0.25, 0.3) is 0 Å². The number of carbonyl (C=O) groups is 1. The van der Waals surface area contributed by atoms with Crippen molar-refractivity contribution in [3.05, 3.63) is 89.7 Å². The number of piperazine rings is 1. The Labute approximate surface area is 189 Å². The van der Waals surface area contributed by atoms with Crippen molar-refractivity contribution in [1.29, 1.82) is 0 Å². The molecule has 4 rings (SSSR count). The van der Waals surface area contributed by atoms with E-state index in [9.17, 15) is 26.4 Å². The fourth-order valence-corrected chi connectivity index (χ4v) is 4.73. The zero-order valence-corrected chi connectivity index (χ0v) is 18.2. The number of nitrogens with one attached hydrogen (secondary N) is 1. The maximum absolute atomic E-state index is 14.1. The predicted octanol–water partition coefficient (Wildman–Crippen LogP) is 3.87. The summed E-state index contributed by atoms with van der Waals surface area (Å²) in [6.45, 7) is 1.46. The molecular weight excluding hydrogens is 455 g/mol. The van der Waals surface area contributed by atoms with Crippen LogP contribution >= 0.6 is 0 Å². The molecule has 3 aromatic rings. The first-order valence-electron chi connectivity index (χ1n) is 10.1. The van der Waals surface area contributed by atoms with E-state index in [2.05, 4.69) is 4.72 Å². The lowest BCUT2D eigenvalue weighted by Crippen LogP contribution is -2.49. The van der Waals surface area contributed by atoms with Crippen LogP contribution in [0, 0.1) is 17.5 Å². The lowest BCUT2D eigenvalue weighted by atomic mass is 10.1. The SMILES string of the molecule is O=C(c1ccccc1NS(=O)(=O)c1ccc(F)c(F)c1)N1CCN(c2ccccc2F)CC1. The van der Waals surface area contributed by atoms with Crippen molar-refractivity contribution in [2.75, 3.05) is 35.8 Å². The number of rotatable bonds is 5. The third-order valence-corrected chi connectivity index (χ3v) is 6.73. The van der Waals surface area contributed by atoms with Gasteiger partial charge in [-0.3, -0.25) is 9.52 Å². The molecule has 0 bridgehead atoms. The Bertz CT molecular complexity index is 1290. The summed E-state index contributed by atoms with van der Waals surface area (Å²) in [6, 6.07) is 14.7. The molecule has 10 heteroatoms. The maximum atomic E-state index is 14.1. The number of hydrogen-bond donors (Lipinski definition) is 1. The van der Waals surface area contributed by atoms with Gasteiger partial charge in [0.2, 0.25) is 0 Å². The number of para-hydroxylation sites is 2. The summed E-state index contributed by atoms with van der Waals surface area (Å²) >= 11 is 0. The van der Waals surface area contributed by atoms with Gasteiger partial charge in [0.15, 0.2) is 11.6 Å². The van der Waals surface area contributed by atoms with Gasteiger partial charge in [0.05, 0.1) is 21.8 Å². The van der Waals surface area contributed by atoms with E-state index in [0.29, 0.717) is 37.9 Å². The minimum Gasteiger partial charge on any atom is -0.366 e. The zero-order chi connectivity index (χ0) is 23.6. The van der Waals surface area contributed by atoms with Gasteiger partial charge in [0.1, 0.15) is 5.82 Å². The van der Waals surface area contributed by atoms with Gasteiger partial charge >= 0.3 is 0 Å². The van der Waals surface area contributed by atoms with Crippen LogP contribution < -0.4 is 9.62 Å². The van der Waals surface area contributed by atoms with E-state index in [0.717, 1.165) is 12.1 Å². The molecule has 172 valence electrons. The molecule has 33 heavy (non-hydrogen) atoms. The molecule has 1 amide bonds. The smallest absolute Gasteiger partial charge is 0.262 e. The number of nitrogens with zero attached hydrogens (tertiary/aromatic N) is 2. The molecule has 1 aliphatic rings. The molecule has 0 spiro atoms. The lowest BCUT2D eigenvalue weighted by molar-refractivity contribution is 0.0747. The number of amides is 1. The Morgan fingerprint density at radius 1 is 0.788 bits per heavy atom. The van der Waals surface area contributed by atoms with Crippen molar-refractivity contribution in [2.24, 2.45) is 0 Å². The monoisotopic (exact) mass is 475 g/mol. The summed E-state index contributed by atoms with van der Waals surface area (Å²) in [5.74, 6) is -3.20. The Balaban J connectivity index is 1.51. The van der Waals surface area contributed by atoms with Crippen LogP contribution in [0.2, 0.25) is 0 Å². The number of hydrogen-bond acceptors (Lipinski definition) is 4. The molecule has 0 saturated carbocycles. The number of carbonyl (C=O) groups excluding carboxylic acids is 1. The van der Waals surface area contributed by atoms with Crippen LogP contribution in [0.4, 0.5) is 24.5 Å². The summed E-state index contributed by atoms with van der Waals surface area (Å²) in [5.41, 5.74) is 0.594.